The highest BCUT2D eigenvalue weighted by molar-refractivity contribution is 7.89. The van der Waals surface area contributed by atoms with Crippen LogP contribution < -0.4 is 5.73 Å². The van der Waals surface area contributed by atoms with Crippen LogP contribution in [0.1, 0.15) is 31.2 Å². The third-order valence-electron chi connectivity index (χ3n) is 3.95. The van der Waals surface area contributed by atoms with E-state index in [1.165, 1.54) is 4.31 Å². The zero-order valence-electron chi connectivity index (χ0n) is 11.5. The molecule has 0 radical (unpaired) electrons. The molecule has 0 aromatic heterocycles. The maximum absolute atomic E-state index is 12.6. The summed E-state index contributed by atoms with van der Waals surface area (Å²) >= 11 is 0. The van der Waals surface area contributed by atoms with Gasteiger partial charge in [-0.15, -0.1) is 0 Å². The van der Waals surface area contributed by atoms with Gasteiger partial charge in [-0.1, -0.05) is 30.5 Å². The number of sulfonamides is 1. The Morgan fingerprint density at radius 3 is 2.32 bits per heavy atom. The second-order valence-electron chi connectivity index (χ2n) is 5.35. The van der Waals surface area contributed by atoms with Gasteiger partial charge in [0.2, 0.25) is 10.0 Å². The second-order valence-corrected chi connectivity index (χ2v) is 7.35. The van der Waals surface area contributed by atoms with Crippen LogP contribution in [0.25, 0.3) is 0 Å². The smallest absolute Gasteiger partial charge is 0.243 e. The monoisotopic (exact) mass is 282 g/mol. The molecule has 1 aliphatic carbocycles. The molecule has 1 aromatic rings. The topological polar surface area (TPSA) is 63.4 Å². The highest BCUT2D eigenvalue weighted by Gasteiger charge is 2.33. The summed E-state index contributed by atoms with van der Waals surface area (Å²) in [4.78, 5) is 0.346. The predicted molar refractivity (Wildman–Crippen MR) is 76.4 cm³/mol. The number of nitrogens with zero attached hydrogens (tertiary/aromatic N) is 1. The molecule has 2 rings (SSSR count). The molecule has 0 amide bonds. The lowest BCUT2D eigenvalue weighted by Crippen LogP contribution is -2.50. The number of rotatable bonds is 3. The van der Waals surface area contributed by atoms with E-state index in [0.717, 1.165) is 31.2 Å². The van der Waals surface area contributed by atoms with Crippen LogP contribution in [-0.4, -0.2) is 31.9 Å². The average Bonchev–Trinajstić information content (AvgIpc) is 2.39. The molecule has 0 saturated heterocycles. The van der Waals surface area contributed by atoms with Gasteiger partial charge in [0.1, 0.15) is 0 Å². The zero-order chi connectivity index (χ0) is 14.0. The fourth-order valence-corrected chi connectivity index (χ4v) is 4.08. The summed E-state index contributed by atoms with van der Waals surface area (Å²) in [7, 11) is -1.79. The second kappa shape index (κ2) is 5.61. The molecule has 0 spiro atoms. The molecule has 0 aliphatic heterocycles. The molecule has 2 unspecified atom stereocenters. The van der Waals surface area contributed by atoms with E-state index >= 15 is 0 Å². The number of hydrogen-bond acceptors (Lipinski definition) is 3. The zero-order valence-corrected chi connectivity index (χ0v) is 12.4. The first-order valence-electron chi connectivity index (χ1n) is 6.73. The summed E-state index contributed by atoms with van der Waals surface area (Å²) in [6.07, 6.45) is 3.89. The first-order chi connectivity index (χ1) is 8.93. The Balaban J connectivity index is 2.25. The molecule has 2 N–H and O–H groups in total. The molecule has 106 valence electrons. The van der Waals surface area contributed by atoms with Crippen LogP contribution in [0.3, 0.4) is 0 Å². The van der Waals surface area contributed by atoms with E-state index in [1.807, 2.05) is 19.1 Å². The van der Waals surface area contributed by atoms with Gasteiger partial charge >= 0.3 is 0 Å². The molecular weight excluding hydrogens is 260 g/mol. The van der Waals surface area contributed by atoms with Gasteiger partial charge in [0.05, 0.1) is 4.90 Å². The molecule has 2 atom stereocenters. The van der Waals surface area contributed by atoms with E-state index in [9.17, 15) is 8.42 Å². The fraction of sp³-hybridized carbons (Fsp3) is 0.571. The van der Waals surface area contributed by atoms with Gasteiger partial charge in [-0.25, -0.2) is 8.42 Å². The van der Waals surface area contributed by atoms with Crippen molar-refractivity contribution >= 4 is 10.0 Å². The average molecular weight is 282 g/mol. The molecule has 1 aromatic carbocycles. The van der Waals surface area contributed by atoms with Gasteiger partial charge in [0.25, 0.3) is 0 Å². The van der Waals surface area contributed by atoms with Crippen LogP contribution in [-0.2, 0) is 10.0 Å². The van der Waals surface area contributed by atoms with Gasteiger partial charge in [0, 0.05) is 19.1 Å². The lowest BCUT2D eigenvalue weighted by atomic mass is 9.91. The first-order valence-corrected chi connectivity index (χ1v) is 8.17. The van der Waals surface area contributed by atoms with Crippen molar-refractivity contribution in [1.29, 1.82) is 0 Å². The van der Waals surface area contributed by atoms with E-state index in [0.29, 0.717) is 4.90 Å². The van der Waals surface area contributed by atoms with Crippen molar-refractivity contribution in [3.05, 3.63) is 29.8 Å². The summed E-state index contributed by atoms with van der Waals surface area (Å²) in [6, 6.07) is 6.83. The summed E-state index contributed by atoms with van der Waals surface area (Å²) in [6.45, 7) is 1.94. The molecule has 0 bridgehead atoms. The molecule has 19 heavy (non-hydrogen) atoms. The number of aryl methyl sites for hydroxylation is 1. The maximum Gasteiger partial charge on any atom is 0.243 e. The third-order valence-corrected chi connectivity index (χ3v) is 5.84. The summed E-state index contributed by atoms with van der Waals surface area (Å²) < 4.78 is 26.6. The Kier molecular flexibility index (Phi) is 4.28. The van der Waals surface area contributed by atoms with E-state index < -0.39 is 10.0 Å². The van der Waals surface area contributed by atoms with Crippen LogP contribution in [0, 0.1) is 6.92 Å². The van der Waals surface area contributed by atoms with Crippen molar-refractivity contribution in [3.8, 4) is 0 Å². The lowest BCUT2D eigenvalue weighted by Gasteiger charge is -2.35. The van der Waals surface area contributed by atoms with E-state index in [1.54, 1.807) is 19.2 Å². The van der Waals surface area contributed by atoms with Crippen molar-refractivity contribution in [3.63, 3.8) is 0 Å². The SMILES string of the molecule is Cc1ccc(S(=O)(=O)N(C)C2CCCCC2N)cc1. The normalized spacial score (nSPS) is 24.6. The van der Waals surface area contributed by atoms with E-state index in [-0.39, 0.29) is 12.1 Å². The van der Waals surface area contributed by atoms with Gasteiger partial charge in [-0.05, 0) is 31.9 Å². The fourth-order valence-electron chi connectivity index (χ4n) is 2.65. The predicted octanol–water partition coefficient (Wildman–Crippen LogP) is 1.89. The quantitative estimate of drug-likeness (QED) is 0.920. The summed E-state index contributed by atoms with van der Waals surface area (Å²) in [5.74, 6) is 0. The highest BCUT2D eigenvalue weighted by Crippen LogP contribution is 2.26. The lowest BCUT2D eigenvalue weighted by molar-refractivity contribution is 0.252. The molecule has 5 heteroatoms. The Morgan fingerprint density at radius 1 is 1.16 bits per heavy atom. The Hall–Kier alpha value is -0.910. The summed E-state index contributed by atoms with van der Waals surface area (Å²) in [5.41, 5.74) is 7.12. The third kappa shape index (κ3) is 2.99. The van der Waals surface area contributed by atoms with Gasteiger partial charge in [0.15, 0.2) is 0 Å². The van der Waals surface area contributed by atoms with Crippen LogP contribution in [0.5, 0.6) is 0 Å². The van der Waals surface area contributed by atoms with Crippen molar-refractivity contribution in [2.45, 2.75) is 49.6 Å². The number of likely N-dealkylation sites (N-methyl/N-ethyl adjacent to an activating group) is 1. The Labute approximate surface area is 115 Å². The maximum atomic E-state index is 12.6. The number of hydrogen-bond donors (Lipinski definition) is 1. The Bertz CT molecular complexity index is 525. The Morgan fingerprint density at radius 2 is 1.74 bits per heavy atom. The van der Waals surface area contributed by atoms with E-state index in [4.69, 9.17) is 5.73 Å². The minimum atomic E-state index is -3.43. The van der Waals surface area contributed by atoms with Crippen LogP contribution in [0.15, 0.2) is 29.2 Å². The number of benzene rings is 1. The molecule has 1 aliphatic rings. The molecule has 1 saturated carbocycles. The van der Waals surface area contributed by atoms with E-state index in [2.05, 4.69) is 0 Å². The standard InChI is InChI=1S/C14H22N2O2S/c1-11-7-9-12(10-8-11)19(17,18)16(2)14-6-4-3-5-13(14)15/h7-10,13-14H,3-6,15H2,1-2H3. The van der Waals surface area contributed by atoms with Crippen LogP contribution in [0.2, 0.25) is 0 Å². The van der Waals surface area contributed by atoms with Crippen LogP contribution >= 0.6 is 0 Å². The van der Waals surface area contributed by atoms with Crippen molar-refractivity contribution in [2.75, 3.05) is 7.05 Å². The molecular formula is C14H22N2O2S. The molecule has 0 heterocycles. The van der Waals surface area contributed by atoms with Crippen molar-refractivity contribution in [2.24, 2.45) is 5.73 Å². The van der Waals surface area contributed by atoms with Crippen molar-refractivity contribution in [1.82, 2.24) is 4.31 Å². The molecule has 1 fully saturated rings. The minimum absolute atomic E-state index is 0.0565. The van der Waals surface area contributed by atoms with Crippen LogP contribution in [0.4, 0.5) is 0 Å². The highest BCUT2D eigenvalue weighted by atomic mass is 32.2. The summed E-state index contributed by atoms with van der Waals surface area (Å²) in [5, 5.41) is 0. The number of nitrogens with two attached hydrogens (primary N) is 1. The largest absolute Gasteiger partial charge is 0.326 e. The van der Waals surface area contributed by atoms with Gasteiger partial charge in [-0.3, -0.25) is 0 Å². The minimum Gasteiger partial charge on any atom is -0.326 e. The van der Waals surface area contributed by atoms with Gasteiger partial charge in [-0.2, -0.15) is 4.31 Å². The van der Waals surface area contributed by atoms with Crippen molar-refractivity contribution < 1.29 is 8.42 Å². The first kappa shape index (κ1) is 14.5. The van der Waals surface area contributed by atoms with Gasteiger partial charge < -0.3 is 5.73 Å². The molecule has 4 nitrogen and oxygen atoms in total.